The number of nitrogens with zero attached hydrogens (tertiary/aromatic N) is 2. The number of anilines is 1. The van der Waals surface area contributed by atoms with E-state index in [1.54, 1.807) is 44.0 Å². The van der Waals surface area contributed by atoms with Crippen LogP contribution in [0.15, 0.2) is 51.1 Å². The number of amides is 1. The van der Waals surface area contributed by atoms with E-state index >= 15 is 0 Å². The Labute approximate surface area is 187 Å². The fourth-order valence-corrected chi connectivity index (χ4v) is 4.77. The van der Waals surface area contributed by atoms with Crippen LogP contribution in [0.1, 0.15) is 38.9 Å². The van der Waals surface area contributed by atoms with Crippen LogP contribution in [-0.4, -0.2) is 25.1 Å². The molecule has 7 nitrogen and oxygen atoms in total. The molecule has 162 valence electrons. The molecule has 0 saturated carbocycles. The first-order valence-electron chi connectivity index (χ1n) is 9.97. The fourth-order valence-electron chi connectivity index (χ4n) is 4.10. The molecular weight excluding hydrogens is 428 g/mol. The van der Waals surface area contributed by atoms with Crippen molar-refractivity contribution in [1.29, 1.82) is 0 Å². The predicted octanol–water partition coefficient (Wildman–Crippen LogP) is 4.63. The molecule has 0 bridgehead atoms. The van der Waals surface area contributed by atoms with Crippen molar-refractivity contribution in [3.05, 3.63) is 80.1 Å². The second-order valence-corrected chi connectivity index (χ2v) is 8.49. The van der Waals surface area contributed by atoms with Crippen LogP contribution in [0.25, 0.3) is 11.0 Å². The van der Waals surface area contributed by atoms with Crippen LogP contribution in [0, 0.1) is 13.8 Å². The van der Waals surface area contributed by atoms with Gasteiger partial charge in [-0.15, -0.1) is 11.3 Å². The van der Waals surface area contributed by atoms with Gasteiger partial charge in [-0.25, -0.2) is 4.98 Å². The summed E-state index contributed by atoms with van der Waals surface area (Å²) in [6.07, 6.45) is 1.63. The SMILES string of the molecule is COc1ccc(C2c3c(oc4cc(C)c(C)cc4c3=O)C(=O)N2c2nccs2)cc1OC. The second kappa shape index (κ2) is 7.49. The number of fused-ring (bicyclic) bond motifs is 2. The third-order valence-electron chi connectivity index (χ3n) is 5.84. The topological polar surface area (TPSA) is 81.9 Å². The number of aromatic nitrogens is 1. The molecule has 8 heteroatoms. The normalized spacial score (nSPS) is 15.3. The lowest BCUT2D eigenvalue weighted by atomic mass is 9.97. The molecule has 1 aliphatic rings. The van der Waals surface area contributed by atoms with Gasteiger partial charge in [0, 0.05) is 11.6 Å². The highest BCUT2D eigenvalue weighted by atomic mass is 32.1. The Morgan fingerprint density at radius 1 is 1.03 bits per heavy atom. The minimum atomic E-state index is -0.703. The second-order valence-electron chi connectivity index (χ2n) is 7.61. The monoisotopic (exact) mass is 448 g/mol. The third kappa shape index (κ3) is 2.90. The van der Waals surface area contributed by atoms with E-state index in [0.29, 0.717) is 38.7 Å². The molecule has 1 unspecified atom stereocenters. The Morgan fingerprint density at radius 2 is 1.78 bits per heavy atom. The van der Waals surface area contributed by atoms with Crippen LogP contribution in [0.3, 0.4) is 0 Å². The van der Waals surface area contributed by atoms with Gasteiger partial charge >= 0.3 is 0 Å². The Morgan fingerprint density at radius 3 is 2.47 bits per heavy atom. The number of hydrogen-bond acceptors (Lipinski definition) is 7. The van der Waals surface area contributed by atoms with Crippen molar-refractivity contribution in [3.63, 3.8) is 0 Å². The summed E-state index contributed by atoms with van der Waals surface area (Å²) in [6.45, 7) is 3.89. The van der Waals surface area contributed by atoms with Gasteiger partial charge in [0.1, 0.15) is 5.58 Å². The number of methoxy groups -OCH3 is 2. The van der Waals surface area contributed by atoms with Crippen LogP contribution in [-0.2, 0) is 0 Å². The minimum Gasteiger partial charge on any atom is -0.493 e. The largest absolute Gasteiger partial charge is 0.493 e. The molecule has 0 aliphatic carbocycles. The molecule has 1 atom stereocenters. The van der Waals surface area contributed by atoms with Gasteiger partial charge < -0.3 is 13.9 Å². The van der Waals surface area contributed by atoms with E-state index in [1.807, 2.05) is 26.0 Å². The van der Waals surface area contributed by atoms with Gasteiger partial charge in [0.25, 0.3) is 5.91 Å². The molecule has 1 aliphatic heterocycles. The van der Waals surface area contributed by atoms with Crippen LogP contribution < -0.4 is 19.8 Å². The van der Waals surface area contributed by atoms with Crippen molar-refractivity contribution in [2.24, 2.45) is 0 Å². The first-order valence-corrected chi connectivity index (χ1v) is 10.9. The zero-order valence-corrected chi connectivity index (χ0v) is 18.8. The van der Waals surface area contributed by atoms with Crippen molar-refractivity contribution >= 4 is 33.3 Å². The summed E-state index contributed by atoms with van der Waals surface area (Å²) >= 11 is 1.32. The Hall–Kier alpha value is -3.65. The standard InChI is InChI=1S/C24H20N2O5S/c1-12-9-15-17(10-13(12)2)31-22-19(21(15)27)20(26(23(22)28)24-25-7-8-32-24)14-5-6-16(29-3)18(11-14)30-4/h5-11,20H,1-4H3. The summed E-state index contributed by atoms with van der Waals surface area (Å²) in [7, 11) is 3.10. The summed E-state index contributed by atoms with van der Waals surface area (Å²) in [5.74, 6) is 0.701. The highest BCUT2D eigenvalue weighted by molar-refractivity contribution is 7.13. The van der Waals surface area contributed by atoms with Crippen molar-refractivity contribution in [2.45, 2.75) is 19.9 Å². The Balaban J connectivity index is 1.82. The molecule has 2 aromatic heterocycles. The van der Waals surface area contributed by atoms with Crippen LogP contribution >= 0.6 is 11.3 Å². The fraction of sp³-hybridized carbons (Fsp3) is 0.208. The maximum absolute atomic E-state index is 13.7. The molecular formula is C24H20N2O5S. The number of aryl methyl sites for hydroxylation is 2. The maximum Gasteiger partial charge on any atom is 0.297 e. The van der Waals surface area contributed by atoms with E-state index in [4.69, 9.17) is 13.9 Å². The molecule has 0 radical (unpaired) electrons. The molecule has 0 saturated heterocycles. The quantitative estimate of drug-likeness (QED) is 0.453. The van der Waals surface area contributed by atoms with Gasteiger partial charge in [-0.2, -0.15) is 0 Å². The van der Waals surface area contributed by atoms with Crippen LogP contribution in [0.4, 0.5) is 5.13 Å². The predicted molar refractivity (Wildman–Crippen MR) is 122 cm³/mol. The van der Waals surface area contributed by atoms with Gasteiger partial charge in [0.05, 0.1) is 31.2 Å². The number of carbonyl (C=O) groups is 1. The summed E-state index contributed by atoms with van der Waals surface area (Å²) < 4.78 is 16.9. The molecule has 0 spiro atoms. The molecule has 1 amide bonds. The smallest absolute Gasteiger partial charge is 0.297 e. The Kier molecular flexibility index (Phi) is 4.74. The first-order chi connectivity index (χ1) is 15.4. The minimum absolute atomic E-state index is 0.0423. The molecule has 32 heavy (non-hydrogen) atoms. The van der Waals surface area contributed by atoms with Gasteiger partial charge in [-0.1, -0.05) is 6.07 Å². The van der Waals surface area contributed by atoms with Crippen molar-refractivity contribution in [2.75, 3.05) is 19.1 Å². The maximum atomic E-state index is 13.7. The molecule has 2 aromatic carbocycles. The Bertz CT molecular complexity index is 1420. The van der Waals surface area contributed by atoms with Gasteiger partial charge in [0.2, 0.25) is 5.76 Å². The molecule has 3 heterocycles. The van der Waals surface area contributed by atoms with Crippen molar-refractivity contribution < 1.29 is 18.7 Å². The summed E-state index contributed by atoms with van der Waals surface area (Å²) in [5.41, 5.74) is 3.13. The lowest BCUT2D eigenvalue weighted by Crippen LogP contribution is -2.29. The highest BCUT2D eigenvalue weighted by Crippen LogP contribution is 2.43. The van der Waals surface area contributed by atoms with Gasteiger partial charge in [0.15, 0.2) is 22.1 Å². The lowest BCUT2D eigenvalue weighted by molar-refractivity contribution is 0.0971. The number of rotatable bonds is 4. The number of ether oxygens (including phenoxy) is 2. The van der Waals surface area contributed by atoms with E-state index in [-0.39, 0.29) is 11.2 Å². The van der Waals surface area contributed by atoms with Crippen LogP contribution in [0.5, 0.6) is 11.5 Å². The van der Waals surface area contributed by atoms with Crippen molar-refractivity contribution in [1.82, 2.24) is 4.98 Å². The zero-order valence-electron chi connectivity index (χ0n) is 18.0. The lowest BCUT2D eigenvalue weighted by Gasteiger charge is -2.23. The first kappa shape index (κ1) is 20.3. The molecule has 4 aromatic rings. The van der Waals surface area contributed by atoms with E-state index in [2.05, 4.69) is 4.98 Å². The summed E-state index contributed by atoms with van der Waals surface area (Å²) in [4.78, 5) is 33.1. The number of hydrogen-bond donors (Lipinski definition) is 0. The number of carbonyl (C=O) groups excluding carboxylic acids is 1. The summed E-state index contributed by atoms with van der Waals surface area (Å²) in [5, 5.41) is 2.72. The molecule has 5 rings (SSSR count). The highest BCUT2D eigenvalue weighted by Gasteiger charge is 2.45. The van der Waals surface area contributed by atoms with Gasteiger partial charge in [-0.05, 0) is 54.8 Å². The van der Waals surface area contributed by atoms with E-state index in [0.717, 1.165) is 11.1 Å². The number of thiazole rings is 1. The third-order valence-corrected chi connectivity index (χ3v) is 6.61. The average Bonchev–Trinajstić information content (AvgIpc) is 3.41. The average molecular weight is 449 g/mol. The van der Waals surface area contributed by atoms with Crippen molar-refractivity contribution in [3.8, 4) is 11.5 Å². The molecule has 0 N–H and O–H groups in total. The van der Waals surface area contributed by atoms with E-state index in [9.17, 15) is 9.59 Å². The summed E-state index contributed by atoms with van der Waals surface area (Å²) in [6, 6.07) is 8.27. The van der Waals surface area contributed by atoms with E-state index < -0.39 is 11.9 Å². The molecule has 0 fully saturated rings. The van der Waals surface area contributed by atoms with E-state index in [1.165, 1.54) is 16.2 Å². The number of benzene rings is 2. The van der Waals surface area contributed by atoms with Crippen LogP contribution in [0.2, 0.25) is 0 Å². The van der Waals surface area contributed by atoms with Gasteiger partial charge in [-0.3, -0.25) is 14.5 Å². The zero-order chi connectivity index (χ0) is 22.6.